The van der Waals surface area contributed by atoms with Gasteiger partial charge in [-0.05, 0) is 23.8 Å². The number of carboxylic acid groups (broad SMARTS) is 1. The van der Waals surface area contributed by atoms with Gasteiger partial charge in [-0.15, -0.1) is 0 Å². The summed E-state index contributed by atoms with van der Waals surface area (Å²) in [6.45, 7) is 0. The average molecular weight is 414 g/mol. The monoisotopic (exact) mass is 414 g/mol. The number of carboxylic acids is 1. The van der Waals surface area contributed by atoms with Crippen LogP contribution in [0.15, 0.2) is 72.8 Å². The average Bonchev–Trinajstić information content (AvgIpc) is 2.77. The molecular formula is C24H18N2O5. The van der Waals surface area contributed by atoms with Crippen molar-refractivity contribution in [2.75, 3.05) is 5.32 Å². The quantitative estimate of drug-likeness (QED) is 0.464. The van der Waals surface area contributed by atoms with Crippen molar-refractivity contribution in [3.8, 4) is 0 Å². The van der Waals surface area contributed by atoms with Crippen LogP contribution in [0.4, 0.5) is 10.5 Å². The molecule has 0 aromatic heterocycles. The van der Waals surface area contributed by atoms with Gasteiger partial charge < -0.3 is 15.7 Å². The second-order valence-electron chi connectivity index (χ2n) is 7.14. The molecule has 1 atom stereocenters. The molecule has 0 fully saturated rings. The molecular weight excluding hydrogens is 396 g/mol. The van der Waals surface area contributed by atoms with E-state index in [0.717, 1.165) is 5.56 Å². The Morgan fingerprint density at radius 2 is 1.35 bits per heavy atom. The maximum Gasteiger partial charge on any atom is 0.326 e. The summed E-state index contributed by atoms with van der Waals surface area (Å²) in [6.07, 6.45) is 0.123. The number of nitrogens with one attached hydrogen (secondary N) is 2. The van der Waals surface area contributed by atoms with E-state index in [4.69, 9.17) is 0 Å². The number of hydrogen-bond acceptors (Lipinski definition) is 4. The minimum Gasteiger partial charge on any atom is -0.480 e. The molecule has 3 aromatic carbocycles. The van der Waals surface area contributed by atoms with Crippen LogP contribution in [0.2, 0.25) is 0 Å². The summed E-state index contributed by atoms with van der Waals surface area (Å²) >= 11 is 0. The summed E-state index contributed by atoms with van der Waals surface area (Å²) < 4.78 is 0. The van der Waals surface area contributed by atoms with E-state index in [9.17, 15) is 24.3 Å². The van der Waals surface area contributed by atoms with Crippen LogP contribution in [0.1, 0.15) is 37.4 Å². The highest BCUT2D eigenvalue weighted by Gasteiger charge is 2.29. The third-order valence-corrected chi connectivity index (χ3v) is 5.07. The van der Waals surface area contributed by atoms with Crippen LogP contribution in [0, 0.1) is 0 Å². The molecule has 31 heavy (non-hydrogen) atoms. The van der Waals surface area contributed by atoms with Gasteiger partial charge in [0, 0.05) is 34.4 Å². The molecule has 0 saturated carbocycles. The van der Waals surface area contributed by atoms with Crippen LogP contribution in [0.3, 0.4) is 0 Å². The van der Waals surface area contributed by atoms with Gasteiger partial charge in [-0.2, -0.15) is 0 Å². The van der Waals surface area contributed by atoms with Gasteiger partial charge >= 0.3 is 12.0 Å². The second-order valence-corrected chi connectivity index (χ2v) is 7.14. The number of anilines is 1. The molecule has 0 saturated heterocycles. The van der Waals surface area contributed by atoms with Gasteiger partial charge in [-0.25, -0.2) is 9.59 Å². The lowest BCUT2D eigenvalue weighted by Crippen LogP contribution is -2.44. The van der Waals surface area contributed by atoms with Gasteiger partial charge in [-0.3, -0.25) is 9.59 Å². The molecule has 0 heterocycles. The summed E-state index contributed by atoms with van der Waals surface area (Å²) in [5, 5.41) is 14.4. The minimum atomic E-state index is -1.16. The van der Waals surface area contributed by atoms with E-state index in [1.165, 1.54) is 18.2 Å². The molecule has 1 unspecified atom stereocenters. The number of rotatable bonds is 5. The molecule has 4 rings (SSSR count). The third kappa shape index (κ3) is 4.06. The highest BCUT2D eigenvalue weighted by atomic mass is 16.4. The van der Waals surface area contributed by atoms with Crippen LogP contribution < -0.4 is 10.6 Å². The smallest absolute Gasteiger partial charge is 0.326 e. The number of hydrogen-bond donors (Lipinski definition) is 3. The topological polar surface area (TPSA) is 113 Å². The summed E-state index contributed by atoms with van der Waals surface area (Å²) in [6, 6.07) is 18.1. The van der Waals surface area contributed by atoms with Crippen molar-refractivity contribution in [1.29, 1.82) is 0 Å². The van der Waals surface area contributed by atoms with Gasteiger partial charge in [0.15, 0.2) is 11.6 Å². The standard InChI is InChI=1S/C24H18N2O5/c27-21-16-8-4-5-9-17(16)22(28)19-13-15(10-11-18(19)21)25-24(31)26-20(23(29)30)12-14-6-2-1-3-7-14/h1-11,13,20H,12H2,(H,29,30)(H2,25,26,31). The molecule has 0 aliphatic heterocycles. The first-order valence-corrected chi connectivity index (χ1v) is 9.61. The number of carbonyl (C=O) groups excluding carboxylic acids is 3. The fourth-order valence-electron chi connectivity index (χ4n) is 3.55. The van der Waals surface area contributed by atoms with Crippen LogP contribution in [0.5, 0.6) is 0 Å². The van der Waals surface area contributed by atoms with E-state index < -0.39 is 18.0 Å². The van der Waals surface area contributed by atoms with Crippen molar-refractivity contribution in [2.24, 2.45) is 0 Å². The predicted octanol–water partition coefficient (Wildman–Crippen LogP) is 3.28. The number of fused-ring (bicyclic) bond motifs is 2. The first-order chi connectivity index (χ1) is 14.9. The zero-order chi connectivity index (χ0) is 22.0. The van der Waals surface area contributed by atoms with Crippen LogP contribution >= 0.6 is 0 Å². The Labute approximate surface area is 177 Å². The highest BCUT2D eigenvalue weighted by molar-refractivity contribution is 6.28. The maximum absolute atomic E-state index is 12.8. The van der Waals surface area contributed by atoms with Crippen LogP contribution in [-0.4, -0.2) is 34.7 Å². The number of benzene rings is 3. The van der Waals surface area contributed by atoms with E-state index in [0.29, 0.717) is 11.1 Å². The molecule has 2 amide bonds. The van der Waals surface area contributed by atoms with E-state index in [2.05, 4.69) is 10.6 Å². The molecule has 1 aliphatic rings. The van der Waals surface area contributed by atoms with Crippen molar-refractivity contribution >= 4 is 29.3 Å². The van der Waals surface area contributed by atoms with Crippen LogP contribution in [0.25, 0.3) is 0 Å². The predicted molar refractivity (Wildman–Crippen MR) is 113 cm³/mol. The van der Waals surface area contributed by atoms with Crippen molar-refractivity contribution < 1.29 is 24.3 Å². The number of aliphatic carboxylic acids is 1. The zero-order valence-electron chi connectivity index (χ0n) is 16.3. The van der Waals surface area contributed by atoms with Crippen molar-refractivity contribution in [2.45, 2.75) is 12.5 Å². The number of ketones is 2. The van der Waals surface area contributed by atoms with Gasteiger partial charge in [-0.1, -0.05) is 54.6 Å². The fraction of sp³-hybridized carbons (Fsp3) is 0.0833. The molecule has 7 heteroatoms. The normalized spacial score (nSPS) is 13.0. The summed E-state index contributed by atoms with van der Waals surface area (Å²) in [4.78, 5) is 49.4. The maximum atomic E-state index is 12.8. The van der Waals surface area contributed by atoms with Crippen molar-refractivity contribution in [3.05, 3.63) is 101 Å². The van der Waals surface area contributed by atoms with Gasteiger partial charge in [0.1, 0.15) is 6.04 Å². The van der Waals surface area contributed by atoms with E-state index >= 15 is 0 Å². The Morgan fingerprint density at radius 1 is 0.774 bits per heavy atom. The Bertz CT molecular complexity index is 1200. The van der Waals surface area contributed by atoms with Crippen molar-refractivity contribution in [1.82, 2.24) is 5.32 Å². The third-order valence-electron chi connectivity index (χ3n) is 5.07. The molecule has 0 bridgehead atoms. The Balaban J connectivity index is 1.51. The fourth-order valence-corrected chi connectivity index (χ4v) is 3.55. The number of urea groups is 1. The molecule has 7 nitrogen and oxygen atoms in total. The Kier molecular flexibility index (Phi) is 5.32. The molecule has 0 spiro atoms. The molecule has 154 valence electrons. The Hall–Kier alpha value is -4.26. The lowest BCUT2D eigenvalue weighted by molar-refractivity contribution is -0.139. The highest BCUT2D eigenvalue weighted by Crippen LogP contribution is 2.29. The van der Waals surface area contributed by atoms with Gasteiger partial charge in [0.25, 0.3) is 0 Å². The molecule has 3 aromatic rings. The van der Waals surface area contributed by atoms with E-state index in [-0.39, 0.29) is 34.8 Å². The zero-order valence-corrected chi connectivity index (χ0v) is 16.3. The van der Waals surface area contributed by atoms with Gasteiger partial charge in [0.05, 0.1) is 0 Å². The number of amides is 2. The lowest BCUT2D eigenvalue weighted by atomic mass is 9.84. The summed E-state index contributed by atoms with van der Waals surface area (Å²) in [5.74, 6) is -1.72. The van der Waals surface area contributed by atoms with Crippen LogP contribution in [-0.2, 0) is 11.2 Å². The molecule has 1 aliphatic carbocycles. The molecule has 3 N–H and O–H groups in total. The lowest BCUT2D eigenvalue weighted by Gasteiger charge is -2.19. The summed E-state index contributed by atoms with van der Waals surface area (Å²) in [7, 11) is 0. The first kappa shape index (κ1) is 20.0. The largest absolute Gasteiger partial charge is 0.480 e. The molecule has 0 radical (unpaired) electrons. The summed E-state index contributed by atoms with van der Waals surface area (Å²) in [5.41, 5.74) is 2.18. The second kappa shape index (κ2) is 8.23. The SMILES string of the molecule is O=C(Nc1ccc2c(c1)C(=O)c1ccccc1C2=O)NC(Cc1ccccc1)C(=O)O. The number of carbonyl (C=O) groups is 4. The Morgan fingerprint density at radius 3 is 2.00 bits per heavy atom. The van der Waals surface area contributed by atoms with E-state index in [1.54, 1.807) is 48.5 Å². The van der Waals surface area contributed by atoms with E-state index in [1.807, 2.05) is 6.07 Å². The minimum absolute atomic E-state index is 0.123. The van der Waals surface area contributed by atoms with Crippen molar-refractivity contribution in [3.63, 3.8) is 0 Å². The van der Waals surface area contributed by atoms with Gasteiger partial charge in [0.2, 0.25) is 0 Å². The first-order valence-electron chi connectivity index (χ1n) is 9.61.